The molecule has 2 rings (SSSR count). The smallest absolute Gasteiger partial charge is 0.326 e. The zero-order valence-corrected chi connectivity index (χ0v) is 10.6. The molecule has 1 heterocycles. The van der Waals surface area contributed by atoms with Gasteiger partial charge in [-0.15, -0.1) is 0 Å². The van der Waals surface area contributed by atoms with Crippen LogP contribution in [0.3, 0.4) is 0 Å². The second-order valence-corrected chi connectivity index (χ2v) is 5.98. The van der Waals surface area contributed by atoms with Crippen LogP contribution in [0.2, 0.25) is 0 Å². The van der Waals surface area contributed by atoms with E-state index in [2.05, 4.69) is 13.8 Å². The van der Waals surface area contributed by atoms with Gasteiger partial charge in [0.05, 0.1) is 0 Å². The highest BCUT2D eigenvalue weighted by Crippen LogP contribution is 2.52. The van der Waals surface area contributed by atoms with E-state index in [9.17, 15) is 14.7 Å². The van der Waals surface area contributed by atoms with Gasteiger partial charge in [0.25, 0.3) is 0 Å². The Morgan fingerprint density at radius 3 is 2.41 bits per heavy atom. The summed E-state index contributed by atoms with van der Waals surface area (Å²) in [5.41, 5.74) is 0.0758. The molecule has 2 unspecified atom stereocenters. The van der Waals surface area contributed by atoms with E-state index in [1.807, 2.05) is 0 Å². The van der Waals surface area contributed by atoms with Gasteiger partial charge in [-0.05, 0) is 24.7 Å². The van der Waals surface area contributed by atoms with Gasteiger partial charge in [0.1, 0.15) is 6.04 Å². The van der Waals surface area contributed by atoms with Crippen LogP contribution in [0.15, 0.2) is 0 Å². The van der Waals surface area contributed by atoms with Crippen LogP contribution in [-0.2, 0) is 9.59 Å². The van der Waals surface area contributed by atoms with Crippen LogP contribution in [0.5, 0.6) is 0 Å². The van der Waals surface area contributed by atoms with Crippen LogP contribution in [0.25, 0.3) is 0 Å². The number of carbonyl (C=O) groups is 2. The molecule has 1 saturated carbocycles. The van der Waals surface area contributed by atoms with E-state index in [1.54, 1.807) is 4.90 Å². The van der Waals surface area contributed by atoms with Crippen LogP contribution in [0.1, 0.15) is 46.0 Å². The number of carbonyl (C=O) groups excluding carboxylic acids is 1. The van der Waals surface area contributed by atoms with Crippen molar-refractivity contribution in [2.45, 2.75) is 52.0 Å². The summed E-state index contributed by atoms with van der Waals surface area (Å²) in [6, 6.07) is -0.596. The van der Waals surface area contributed by atoms with Gasteiger partial charge in [0, 0.05) is 12.5 Å². The second kappa shape index (κ2) is 4.31. The molecule has 1 aliphatic carbocycles. The normalized spacial score (nSPS) is 31.8. The van der Waals surface area contributed by atoms with Crippen molar-refractivity contribution < 1.29 is 14.7 Å². The largest absolute Gasteiger partial charge is 0.480 e. The molecule has 0 aromatic heterocycles. The molecule has 4 nitrogen and oxygen atoms in total. The van der Waals surface area contributed by atoms with E-state index >= 15 is 0 Å². The highest BCUT2D eigenvalue weighted by Gasteiger charge is 2.53. The number of hydrogen-bond acceptors (Lipinski definition) is 2. The molecule has 0 spiro atoms. The van der Waals surface area contributed by atoms with Crippen molar-refractivity contribution in [3.63, 3.8) is 0 Å². The highest BCUT2D eigenvalue weighted by atomic mass is 16.4. The zero-order valence-electron chi connectivity index (χ0n) is 10.6. The molecule has 96 valence electrons. The summed E-state index contributed by atoms with van der Waals surface area (Å²) in [6.45, 7) is 4.76. The molecule has 0 aromatic rings. The van der Waals surface area contributed by atoms with Crippen molar-refractivity contribution in [3.8, 4) is 0 Å². The number of aliphatic carboxylic acids is 1. The number of carboxylic acids is 1. The predicted octanol–water partition coefficient (Wildman–Crippen LogP) is 1.89. The van der Waals surface area contributed by atoms with Crippen molar-refractivity contribution in [3.05, 3.63) is 0 Å². The summed E-state index contributed by atoms with van der Waals surface area (Å²) in [5.74, 6) is -0.745. The Labute approximate surface area is 102 Å². The molecule has 2 fully saturated rings. The van der Waals surface area contributed by atoms with Crippen molar-refractivity contribution in [2.75, 3.05) is 6.54 Å². The summed E-state index contributed by atoms with van der Waals surface area (Å²) in [6.07, 6.45) is 4.38. The lowest BCUT2D eigenvalue weighted by atomic mass is 10.1. The van der Waals surface area contributed by atoms with E-state index in [0.717, 1.165) is 25.7 Å². The van der Waals surface area contributed by atoms with Gasteiger partial charge >= 0.3 is 5.97 Å². The van der Waals surface area contributed by atoms with Crippen molar-refractivity contribution >= 4 is 11.9 Å². The number of rotatable bonds is 2. The fourth-order valence-corrected chi connectivity index (χ4v) is 2.72. The van der Waals surface area contributed by atoms with Crippen LogP contribution < -0.4 is 0 Å². The minimum Gasteiger partial charge on any atom is -0.480 e. The first-order valence-corrected chi connectivity index (χ1v) is 6.47. The lowest BCUT2D eigenvalue weighted by Gasteiger charge is -2.27. The highest BCUT2D eigenvalue weighted by molar-refractivity contribution is 5.87. The third-order valence-electron chi connectivity index (χ3n) is 4.13. The minimum atomic E-state index is -0.848. The van der Waals surface area contributed by atoms with Crippen LogP contribution in [0, 0.1) is 11.3 Å². The maximum absolute atomic E-state index is 12.3. The summed E-state index contributed by atoms with van der Waals surface area (Å²) in [4.78, 5) is 25.2. The third kappa shape index (κ3) is 2.45. The molecule has 1 amide bonds. The molecule has 2 atom stereocenters. The lowest BCUT2D eigenvalue weighted by molar-refractivity contribution is -0.151. The fourth-order valence-electron chi connectivity index (χ4n) is 2.72. The molecular formula is C13H21NO3. The summed E-state index contributed by atoms with van der Waals surface area (Å²) in [7, 11) is 0. The molecule has 2 aliphatic rings. The van der Waals surface area contributed by atoms with Gasteiger partial charge in [-0.3, -0.25) is 4.79 Å². The Bertz CT molecular complexity index is 338. The Kier molecular flexibility index (Phi) is 3.15. The molecular weight excluding hydrogens is 218 g/mol. The molecule has 1 saturated heterocycles. The monoisotopic (exact) mass is 239 g/mol. The van der Waals surface area contributed by atoms with E-state index in [-0.39, 0.29) is 17.2 Å². The van der Waals surface area contributed by atoms with Gasteiger partial charge in [0.2, 0.25) is 5.91 Å². The van der Waals surface area contributed by atoms with E-state index in [0.29, 0.717) is 13.0 Å². The van der Waals surface area contributed by atoms with E-state index < -0.39 is 12.0 Å². The number of hydrogen-bond donors (Lipinski definition) is 1. The first-order valence-electron chi connectivity index (χ1n) is 6.47. The maximum Gasteiger partial charge on any atom is 0.326 e. The minimum absolute atomic E-state index is 0.0439. The number of likely N-dealkylation sites (tertiary alicyclic amines) is 1. The third-order valence-corrected chi connectivity index (χ3v) is 4.13. The number of nitrogens with zero attached hydrogens (tertiary/aromatic N) is 1. The second-order valence-electron chi connectivity index (χ2n) is 5.98. The summed E-state index contributed by atoms with van der Waals surface area (Å²) < 4.78 is 0. The molecule has 0 aromatic carbocycles. The first kappa shape index (κ1) is 12.4. The average molecular weight is 239 g/mol. The molecule has 1 N–H and O–H groups in total. The standard InChI is InChI=1S/C13H21NO3/c1-13(2)8-9(13)11(15)14-7-5-3-4-6-10(14)12(16)17/h9-10H,3-8H2,1-2H3,(H,16,17). The van der Waals surface area contributed by atoms with Crippen LogP contribution in [0.4, 0.5) is 0 Å². The topological polar surface area (TPSA) is 57.6 Å². The Morgan fingerprint density at radius 2 is 1.88 bits per heavy atom. The number of carboxylic acid groups (broad SMARTS) is 1. The van der Waals surface area contributed by atoms with Crippen LogP contribution >= 0.6 is 0 Å². The van der Waals surface area contributed by atoms with E-state index in [1.165, 1.54) is 0 Å². The SMILES string of the molecule is CC1(C)CC1C(=O)N1CCCCCC1C(=O)O. The molecule has 4 heteroatoms. The molecule has 17 heavy (non-hydrogen) atoms. The Hall–Kier alpha value is -1.06. The van der Waals surface area contributed by atoms with Crippen molar-refractivity contribution in [1.29, 1.82) is 0 Å². The summed E-state index contributed by atoms with van der Waals surface area (Å²) in [5, 5.41) is 9.22. The summed E-state index contributed by atoms with van der Waals surface area (Å²) >= 11 is 0. The number of amides is 1. The van der Waals surface area contributed by atoms with Gasteiger partial charge in [-0.2, -0.15) is 0 Å². The molecule has 0 radical (unpaired) electrons. The predicted molar refractivity (Wildman–Crippen MR) is 63.5 cm³/mol. The fraction of sp³-hybridized carbons (Fsp3) is 0.846. The molecule has 1 aliphatic heterocycles. The van der Waals surface area contributed by atoms with Gasteiger partial charge in [-0.25, -0.2) is 4.79 Å². The van der Waals surface area contributed by atoms with Gasteiger partial charge < -0.3 is 10.0 Å². The van der Waals surface area contributed by atoms with Gasteiger partial charge in [0.15, 0.2) is 0 Å². The van der Waals surface area contributed by atoms with Crippen LogP contribution in [-0.4, -0.2) is 34.5 Å². The Balaban J connectivity index is 2.10. The lowest BCUT2D eigenvalue weighted by Crippen LogP contribution is -2.45. The van der Waals surface area contributed by atoms with E-state index in [4.69, 9.17) is 0 Å². The quantitative estimate of drug-likeness (QED) is 0.800. The van der Waals surface area contributed by atoms with Crippen molar-refractivity contribution in [1.82, 2.24) is 4.90 Å². The first-order chi connectivity index (χ1) is 7.93. The zero-order chi connectivity index (χ0) is 12.6. The van der Waals surface area contributed by atoms with Gasteiger partial charge in [-0.1, -0.05) is 26.7 Å². The Morgan fingerprint density at radius 1 is 1.24 bits per heavy atom. The average Bonchev–Trinajstić information content (AvgIpc) is 2.93. The van der Waals surface area contributed by atoms with Crippen molar-refractivity contribution in [2.24, 2.45) is 11.3 Å². The maximum atomic E-state index is 12.3. The molecule has 0 bridgehead atoms.